The van der Waals surface area contributed by atoms with Gasteiger partial charge in [0.1, 0.15) is 6.10 Å². The highest BCUT2D eigenvalue weighted by Crippen LogP contribution is 2.67. The van der Waals surface area contributed by atoms with E-state index < -0.39 is 7.82 Å². The van der Waals surface area contributed by atoms with Crippen molar-refractivity contribution in [3.05, 3.63) is 11.6 Å². The van der Waals surface area contributed by atoms with E-state index in [4.69, 9.17) is 46.0 Å². The van der Waals surface area contributed by atoms with Crippen molar-refractivity contribution in [2.45, 2.75) is 118 Å². The predicted octanol–water partition coefficient (Wildman–Crippen LogP) is 6.05. The molecule has 4 aliphatic rings. The first-order chi connectivity index (χ1) is 24.7. The Morgan fingerprint density at radius 2 is 1.54 bits per heavy atom. The number of nitrogens with two attached hydrogens (primary N) is 4. The summed E-state index contributed by atoms with van der Waals surface area (Å²) in [5.41, 5.74) is 23.5. The maximum atomic E-state index is 13.0. The second-order valence-corrected chi connectivity index (χ2v) is 18.2. The molecule has 3 fully saturated rings. The molecule has 8 atom stereocenters. The zero-order chi connectivity index (χ0) is 37.9. The molecule has 0 spiro atoms. The number of allylic oxidation sites excluding steroid dienone is 1. The Kier molecular flexibility index (Phi) is 15.9. The average molecular weight is 753 g/mol. The molecule has 0 bridgehead atoms. The summed E-state index contributed by atoms with van der Waals surface area (Å²) in [5, 5.41) is 0. The Morgan fingerprint density at radius 1 is 0.865 bits per heavy atom. The SMILES string of the molecule is CC(C)CCCC(C)C1CCC2C3CC=C4CC(OC(=O)CCOCCOP(=O)(OCCN=C(N)N)OCCN=C(N)N)CCC4(C)C3CCC12C. The van der Waals surface area contributed by atoms with Crippen LogP contribution in [0, 0.1) is 46.3 Å². The van der Waals surface area contributed by atoms with Gasteiger partial charge < -0.3 is 32.4 Å². The summed E-state index contributed by atoms with van der Waals surface area (Å²) in [4.78, 5) is 20.4. The number of aliphatic imine (C=N–C) groups is 2. The number of fused-ring (bicyclic) bond motifs is 5. The van der Waals surface area contributed by atoms with Crippen LogP contribution in [0.1, 0.15) is 112 Å². The number of hydrogen-bond donors (Lipinski definition) is 4. The molecule has 0 aromatic carbocycles. The third-order valence-electron chi connectivity index (χ3n) is 12.8. The lowest BCUT2D eigenvalue weighted by Crippen LogP contribution is -2.51. The summed E-state index contributed by atoms with van der Waals surface area (Å²) >= 11 is 0. The van der Waals surface area contributed by atoms with Crippen LogP contribution in [0.2, 0.25) is 0 Å². The van der Waals surface area contributed by atoms with Gasteiger partial charge in [0.15, 0.2) is 11.9 Å². The molecule has 14 heteroatoms. The third-order valence-corrected chi connectivity index (χ3v) is 14.3. The minimum absolute atomic E-state index is 0.0703. The van der Waals surface area contributed by atoms with Crippen molar-refractivity contribution >= 4 is 25.7 Å². The number of carbonyl (C=O) groups is 1. The van der Waals surface area contributed by atoms with Gasteiger partial charge in [0, 0.05) is 6.42 Å². The number of ether oxygens (including phenoxy) is 2. The fourth-order valence-corrected chi connectivity index (χ4v) is 11.4. The lowest BCUT2D eigenvalue weighted by molar-refractivity contribution is -0.152. The minimum atomic E-state index is -3.96. The van der Waals surface area contributed by atoms with Crippen LogP contribution in [0.4, 0.5) is 0 Å². The zero-order valence-corrected chi connectivity index (χ0v) is 33.5. The molecule has 52 heavy (non-hydrogen) atoms. The molecule has 0 amide bonds. The third kappa shape index (κ3) is 11.4. The monoisotopic (exact) mass is 752 g/mol. The van der Waals surface area contributed by atoms with Gasteiger partial charge in [0.25, 0.3) is 0 Å². The van der Waals surface area contributed by atoms with Gasteiger partial charge in [0.2, 0.25) is 0 Å². The van der Waals surface area contributed by atoms with Crippen molar-refractivity contribution in [3.63, 3.8) is 0 Å². The van der Waals surface area contributed by atoms with E-state index in [1.807, 2.05) is 0 Å². The van der Waals surface area contributed by atoms with Gasteiger partial charge in [-0.3, -0.25) is 28.4 Å². The molecule has 298 valence electrons. The average Bonchev–Trinajstić information content (AvgIpc) is 3.44. The second kappa shape index (κ2) is 19.4. The van der Waals surface area contributed by atoms with Gasteiger partial charge in [-0.2, -0.15) is 0 Å². The molecule has 4 aliphatic carbocycles. The van der Waals surface area contributed by atoms with Gasteiger partial charge in [-0.05, 0) is 91.3 Å². The molecule has 8 N–H and O–H groups in total. The van der Waals surface area contributed by atoms with E-state index in [9.17, 15) is 9.36 Å². The van der Waals surface area contributed by atoms with Crippen molar-refractivity contribution in [1.82, 2.24) is 0 Å². The Bertz CT molecular complexity index is 1280. The van der Waals surface area contributed by atoms with Gasteiger partial charge >= 0.3 is 13.8 Å². The molecule has 0 radical (unpaired) electrons. The van der Waals surface area contributed by atoms with Crippen LogP contribution in [-0.4, -0.2) is 70.1 Å². The van der Waals surface area contributed by atoms with Crippen LogP contribution in [0.15, 0.2) is 21.6 Å². The van der Waals surface area contributed by atoms with Crippen LogP contribution in [0.25, 0.3) is 0 Å². The summed E-state index contributed by atoms with van der Waals surface area (Å²) in [5.74, 6) is 4.32. The Labute approximate surface area is 312 Å². The smallest absolute Gasteiger partial charge is 0.462 e. The number of esters is 1. The van der Waals surface area contributed by atoms with Crippen molar-refractivity contribution in [2.24, 2.45) is 79.3 Å². The van der Waals surface area contributed by atoms with Crippen LogP contribution in [-0.2, 0) is 32.4 Å². The van der Waals surface area contributed by atoms with E-state index in [-0.39, 0.29) is 82.0 Å². The fourth-order valence-electron chi connectivity index (χ4n) is 10.2. The summed E-state index contributed by atoms with van der Waals surface area (Å²) in [7, 11) is -3.96. The Morgan fingerprint density at radius 3 is 2.19 bits per heavy atom. The topological polar surface area (TPSA) is 209 Å². The summed E-state index contributed by atoms with van der Waals surface area (Å²) in [6.45, 7) is 12.5. The molecule has 0 saturated heterocycles. The van der Waals surface area contributed by atoms with E-state index >= 15 is 0 Å². The molecular formula is C38H69N6O7P. The number of guanidine groups is 2. The number of phosphoric ester groups is 1. The van der Waals surface area contributed by atoms with Crippen LogP contribution >= 0.6 is 7.82 Å². The number of phosphoric acid groups is 1. The molecule has 3 saturated carbocycles. The van der Waals surface area contributed by atoms with Crippen molar-refractivity contribution in [1.29, 1.82) is 0 Å². The number of rotatable bonds is 21. The second-order valence-electron chi connectivity index (χ2n) is 16.6. The largest absolute Gasteiger partial charge is 0.474 e. The number of carbonyl (C=O) groups excluding carboxylic acids is 1. The highest BCUT2D eigenvalue weighted by atomic mass is 31.2. The van der Waals surface area contributed by atoms with E-state index in [0.29, 0.717) is 5.41 Å². The first-order valence-electron chi connectivity index (χ1n) is 19.8. The zero-order valence-electron chi connectivity index (χ0n) is 32.6. The molecule has 0 aliphatic heterocycles. The molecular weight excluding hydrogens is 683 g/mol. The normalized spacial score (nSPS) is 30.4. The molecule has 0 heterocycles. The lowest BCUT2D eigenvalue weighted by atomic mass is 9.47. The summed E-state index contributed by atoms with van der Waals surface area (Å²) in [6.07, 6.45) is 16.1. The highest BCUT2D eigenvalue weighted by molar-refractivity contribution is 7.48. The molecule has 8 unspecified atom stereocenters. The minimum Gasteiger partial charge on any atom is -0.462 e. The maximum Gasteiger partial charge on any atom is 0.474 e. The summed E-state index contributed by atoms with van der Waals surface area (Å²) < 4.78 is 40.5. The highest BCUT2D eigenvalue weighted by Gasteiger charge is 2.59. The Hall–Kier alpha value is -2.18. The first kappa shape index (κ1) is 42.6. The van der Waals surface area contributed by atoms with Crippen molar-refractivity contribution in [2.75, 3.05) is 46.1 Å². The van der Waals surface area contributed by atoms with Gasteiger partial charge in [0.05, 0.1) is 52.5 Å². The molecule has 13 nitrogen and oxygen atoms in total. The van der Waals surface area contributed by atoms with Gasteiger partial charge in [-0.1, -0.05) is 65.5 Å². The van der Waals surface area contributed by atoms with Crippen LogP contribution in [0.3, 0.4) is 0 Å². The van der Waals surface area contributed by atoms with Gasteiger partial charge in [-0.25, -0.2) is 4.57 Å². The number of nitrogens with zero attached hydrogens (tertiary/aromatic N) is 2. The standard InChI is InChI=1S/C38H69N6O7P/c1-26(2)7-6-8-27(3)31-11-12-32-30-10-9-28-25-29(13-16-37(28,4)33(30)14-17-38(31,32)5)51-34(45)15-20-47-23-24-50-52(46,48-21-18-43-35(39)40)49-22-19-44-36(41)42/h9,26-27,29-33H,6-8,10-25H2,1-5H3,(H4,39,40,43)(H4,41,42,44). The Balaban J connectivity index is 1.19. The van der Waals surface area contributed by atoms with E-state index in [2.05, 4.69) is 50.7 Å². The maximum absolute atomic E-state index is 13.0. The van der Waals surface area contributed by atoms with Gasteiger partial charge in [-0.15, -0.1) is 0 Å². The summed E-state index contributed by atoms with van der Waals surface area (Å²) in [6, 6.07) is 0. The van der Waals surface area contributed by atoms with E-state index in [1.165, 1.54) is 56.9 Å². The van der Waals surface area contributed by atoms with Crippen molar-refractivity contribution in [3.8, 4) is 0 Å². The molecule has 0 aromatic heterocycles. The fraction of sp³-hybridized carbons (Fsp3) is 0.868. The van der Waals surface area contributed by atoms with Crippen LogP contribution in [0.5, 0.6) is 0 Å². The molecule has 0 aromatic rings. The predicted molar refractivity (Wildman–Crippen MR) is 205 cm³/mol. The lowest BCUT2D eigenvalue weighted by Gasteiger charge is -2.58. The first-order valence-corrected chi connectivity index (χ1v) is 21.2. The van der Waals surface area contributed by atoms with E-state index in [0.717, 1.165) is 54.8 Å². The van der Waals surface area contributed by atoms with Crippen molar-refractivity contribution < 1.29 is 32.4 Å². The number of hydrogen-bond acceptors (Lipinski definition) is 9. The van der Waals surface area contributed by atoms with E-state index in [1.54, 1.807) is 0 Å². The molecule has 4 rings (SSSR count). The van der Waals surface area contributed by atoms with Crippen LogP contribution < -0.4 is 22.9 Å². The quantitative estimate of drug-likeness (QED) is 0.0265.